The van der Waals surface area contributed by atoms with Gasteiger partial charge in [0.25, 0.3) is 0 Å². The van der Waals surface area contributed by atoms with Crippen molar-refractivity contribution in [3.8, 4) is 0 Å². The fourth-order valence-corrected chi connectivity index (χ4v) is 3.86. The van der Waals surface area contributed by atoms with E-state index in [0.717, 1.165) is 25.9 Å². The smallest absolute Gasteiger partial charge is 0.237 e. The highest BCUT2D eigenvalue weighted by Gasteiger charge is 2.34. The Kier molecular flexibility index (Phi) is 5.87. The minimum atomic E-state index is -0.558. The van der Waals surface area contributed by atoms with Gasteiger partial charge < -0.3 is 14.7 Å². The van der Waals surface area contributed by atoms with Crippen LogP contribution in [0, 0.1) is 0 Å². The molecule has 24 heavy (non-hydrogen) atoms. The Bertz CT molecular complexity index is 529. The monoisotopic (exact) mass is 332 g/mol. The molecule has 0 spiro atoms. The van der Waals surface area contributed by atoms with Gasteiger partial charge in [0.15, 0.2) is 0 Å². The molecule has 1 aromatic carbocycles. The number of benzene rings is 1. The van der Waals surface area contributed by atoms with Crippen LogP contribution >= 0.6 is 0 Å². The second-order valence-corrected chi connectivity index (χ2v) is 6.81. The Balaban J connectivity index is 1.51. The van der Waals surface area contributed by atoms with E-state index in [-0.39, 0.29) is 11.9 Å². The highest BCUT2D eigenvalue weighted by Crippen LogP contribution is 2.27. The summed E-state index contributed by atoms with van der Waals surface area (Å²) in [6, 6.07) is 10.5. The molecule has 0 radical (unpaired) electrons. The van der Waals surface area contributed by atoms with Crippen molar-refractivity contribution in [1.29, 1.82) is 0 Å². The molecule has 1 N–H and O–H groups in total. The molecular weight excluding hydrogens is 304 g/mol. The van der Waals surface area contributed by atoms with Crippen LogP contribution in [-0.2, 0) is 9.53 Å². The quantitative estimate of drug-likeness (QED) is 0.887. The lowest BCUT2D eigenvalue weighted by molar-refractivity contribution is -0.136. The van der Waals surface area contributed by atoms with Crippen LogP contribution in [0.1, 0.15) is 31.2 Å². The van der Waals surface area contributed by atoms with E-state index in [1.165, 1.54) is 5.56 Å². The van der Waals surface area contributed by atoms with E-state index in [2.05, 4.69) is 35.2 Å². The van der Waals surface area contributed by atoms with E-state index in [1.807, 2.05) is 6.92 Å². The summed E-state index contributed by atoms with van der Waals surface area (Å²) in [7, 11) is 0. The topological polar surface area (TPSA) is 53.0 Å². The summed E-state index contributed by atoms with van der Waals surface area (Å²) in [6.45, 7) is 5.69. The van der Waals surface area contributed by atoms with E-state index in [4.69, 9.17) is 4.74 Å². The van der Waals surface area contributed by atoms with Gasteiger partial charge in [0.1, 0.15) is 0 Å². The molecule has 1 amide bonds. The maximum atomic E-state index is 12.6. The average molecular weight is 332 g/mol. The number of likely N-dealkylation sites (tertiary alicyclic amines) is 1. The van der Waals surface area contributed by atoms with Crippen molar-refractivity contribution >= 4 is 5.91 Å². The van der Waals surface area contributed by atoms with Gasteiger partial charge in [-0.05, 0) is 44.3 Å². The molecule has 132 valence electrons. The summed E-state index contributed by atoms with van der Waals surface area (Å²) >= 11 is 0. The number of aliphatic hydroxyl groups is 1. The normalized spacial score (nSPS) is 25.8. The number of ether oxygens (including phenoxy) is 1. The van der Waals surface area contributed by atoms with Gasteiger partial charge in [0.05, 0.1) is 31.9 Å². The number of piperidine rings is 1. The Morgan fingerprint density at radius 3 is 2.54 bits per heavy atom. The number of aliphatic hydroxyl groups excluding tert-OH is 1. The van der Waals surface area contributed by atoms with Crippen molar-refractivity contribution < 1.29 is 14.6 Å². The van der Waals surface area contributed by atoms with Crippen LogP contribution < -0.4 is 0 Å². The Hall–Kier alpha value is -1.43. The lowest BCUT2D eigenvalue weighted by Crippen LogP contribution is -2.50. The SMILES string of the molecule is CCN(C(=O)CN1CCC(c2ccccc2)CC1)[C@H]1COC[C@@H]1O. The summed E-state index contributed by atoms with van der Waals surface area (Å²) < 4.78 is 5.30. The minimum Gasteiger partial charge on any atom is -0.388 e. The summed E-state index contributed by atoms with van der Waals surface area (Å²) in [5.41, 5.74) is 1.41. The Labute approximate surface area is 144 Å². The minimum absolute atomic E-state index is 0.102. The summed E-state index contributed by atoms with van der Waals surface area (Å²) in [6.07, 6.45) is 1.63. The zero-order valence-electron chi connectivity index (χ0n) is 14.4. The van der Waals surface area contributed by atoms with Gasteiger partial charge in [-0.1, -0.05) is 30.3 Å². The first-order chi connectivity index (χ1) is 11.7. The van der Waals surface area contributed by atoms with E-state index in [9.17, 15) is 9.90 Å². The number of amides is 1. The molecule has 2 fully saturated rings. The first-order valence-electron chi connectivity index (χ1n) is 9.01. The number of likely N-dealkylation sites (N-methyl/N-ethyl adjacent to an activating group) is 1. The predicted molar refractivity (Wildman–Crippen MR) is 92.9 cm³/mol. The summed E-state index contributed by atoms with van der Waals surface area (Å²) in [5, 5.41) is 9.97. The van der Waals surface area contributed by atoms with Gasteiger partial charge in [-0.25, -0.2) is 0 Å². The highest BCUT2D eigenvalue weighted by atomic mass is 16.5. The van der Waals surface area contributed by atoms with Crippen LogP contribution in [0.3, 0.4) is 0 Å². The zero-order chi connectivity index (χ0) is 16.9. The highest BCUT2D eigenvalue weighted by molar-refractivity contribution is 5.78. The molecule has 2 saturated heterocycles. The maximum Gasteiger partial charge on any atom is 0.237 e. The molecule has 5 nitrogen and oxygen atoms in total. The van der Waals surface area contributed by atoms with E-state index in [0.29, 0.717) is 32.2 Å². The van der Waals surface area contributed by atoms with Crippen molar-refractivity contribution in [2.45, 2.75) is 37.8 Å². The van der Waals surface area contributed by atoms with Crippen LogP contribution in [0.15, 0.2) is 30.3 Å². The molecule has 0 aromatic heterocycles. The third-order valence-electron chi connectivity index (χ3n) is 5.30. The second-order valence-electron chi connectivity index (χ2n) is 6.81. The first-order valence-corrected chi connectivity index (χ1v) is 9.01. The Morgan fingerprint density at radius 2 is 1.96 bits per heavy atom. The van der Waals surface area contributed by atoms with Crippen LogP contribution in [0.25, 0.3) is 0 Å². The molecule has 0 aliphatic carbocycles. The average Bonchev–Trinajstić information content (AvgIpc) is 3.03. The molecule has 2 aliphatic heterocycles. The predicted octanol–water partition coefficient (Wildman–Crippen LogP) is 1.47. The first kappa shape index (κ1) is 17.4. The molecule has 2 heterocycles. The molecule has 5 heteroatoms. The largest absolute Gasteiger partial charge is 0.388 e. The lowest BCUT2D eigenvalue weighted by Gasteiger charge is -2.35. The number of carbonyl (C=O) groups is 1. The second kappa shape index (κ2) is 8.10. The Morgan fingerprint density at radius 1 is 1.25 bits per heavy atom. The molecule has 0 unspecified atom stereocenters. The van der Waals surface area contributed by atoms with Gasteiger partial charge in [0.2, 0.25) is 5.91 Å². The number of hydrogen-bond acceptors (Lipinski definition) is 4. The maximum absolute atomic E-state index is 12.6. The van der Waals surface area contributed by atoms with Gasteiger partial charge in [-0.3, -0.25) is 9.69 Å². The summed E-state index contributed by atoms with van der Waals surface area (Å²) in [5.74, 6) is 0.704. The van der Waals surface area contributed by atoms with Crippen molar-refractivity contribution in [2.75, 3.05) is 39.4 Å². The molecule has 0 saturated carbocycles. The van der Waals surface area contributed by atoms with Gasteiger partial charge in [0, 0.05) is 6.54 Å². The van der Waals surface area contributed by atoms with Crippen molar-refractivity contribution in [2.24, 2.45) is 0 Å². The molecular formula is C19H28N2O3. The molecule has 0 bridgehead atoms. The van der Waals surface area contributed by atoms with Gasteiger partial charge in [-0.2, -0.15) is 0 Å². The van der Waals surface area contributed by atoms with Gasteiger partial charge in [-0.15, -0.1) is 0 Å². The number of carbonyl (C=O) groups excluding carboxylic acids is 1. The molecule has 2 aliphatic rings. The molecule has 2 atom stereocenters. The summed E-state index contributed by atoms with van der Waals surface area (Å²) in [4.78, 5) is 16.7. The third kappa shape index (κ3) is 3.97. The van der Waals surface area contributed by atoms with Gasteiger partial charge >= 0.3 is 0 Å². The number of hydrogen-bond donors (Lipinski definition) is 1. The third-order valence-corrected chi connectivity index (χ3v) is 5.30. The fourth-order valence-electron chi connectivity index (χ4n) is 3.86. The fraction of sp³-hybridized carbons (Fsp3) is 0.632. The standard InChI is InChI=1S/C19H28N2O3/c1-2-21(17-13-24-14-18(17)22)19(23)12-20-10-8-16(9-11-20)15-6-4-3-5-7-15/h3-7,16-18,22H,2,8-14H2,1H3/t17-,18-/m0/s1. The van der Waals surface area contributed by atoms with Crippen molar-refractivity contribution in [1.82, 2.24) is 9.80 Å². The number of rotatable bonds is 5. The van der Waals surface area contributed by atoms with Crippen LogP contribution in [0.5, 0.6) is 0 Å². The van der Waals surface area contributed by atoms with E-state index >= 15 is 0 Å². The van der Waals surface area contributed by atoms with Crippen LogP contribution in [0.4, 0.5) is 0 Å². The number of nitrogens with zero attached hydrogens (tertiary/aromatic N) is 2. The van der Waals surface area contributed by atoms with E-state index < -0.39 is 6.10 Å². The zero-order valence-corrected chi connectivity index (χ0v) is 14.4. The lowest BCUT2D eigenvalue weighted by atomic mass is 9.89. The molecule has 1 aromatic rings. The van der Waals surface area contributed by atoms with Crippen LogP contribution in [-0.4, -0.2) is 72.4 Å². The van der Waals surface area contributed by atoms with E-state index in [1.54, 1.807) is 4.90 Å². The molecule has 3 rings (SSSR count). The van der Waals surface area contributed by atoms with Crippen LogP contribution in [0.2, 0.25) is 0 Å². The van der Waals surface area contributed by atoms with Crippen molar-refractivity contribution in [3.63, 3.8) is 0 Å². The van der Waals surface area contributed by atoms with Crippen molar-refractivity contribution in [3.05, 3.63) is 35.9 Å².